The predicted octanol–water partition coefficient (Wildman–Crippen LogP) is 18.8. The molecule has 0 spiro atoms. The molecular formula is C67H130O17P2. The fraction of sp³-hybridized carbons (Fsp3) is 0.940. The van der Waals surface area contributed by atoms with E-state index in [0.29, 0.717) is 31.6 Å². The number of esters is 4. The average molecular weight is 1270 g/mol. The summed E-state index contributed by atoms with van der Waals surface area (Å²) in [5, 5.41) is 10.5. The van der Waals surface area contributed by atoms with Gasteiger partial charge in [-0.15, -0.1) is 0 Å². The van der Waals surface area contributed by atoms with E-state index in [1.54, 1.807) is 0 Å². The molecule has 19 heteroatoms. The van der Waals surface area contributed by atoms with E-state index >= 15 is 0 Å². The van der Waals surface area contributed by atoms with Crippen LogP contribution in [-0.4, -0.2) is 96.7 Å². The van der Waals surface area contributed by atoms with Crippen molar-refractivity contribution in [2.24, 2.45) is 11.8 Å². The Morgan fingerprint density at radius 1 is 0.337 bits per heavy atom. The Hall–Kier alpha value is -1.94. The van der Waals surface area contributed by atoms with E-state index in [2.05, 4.69) is 41.5 Å². The van der Waals surface area contributed by atoms with Crippen LogP contribution < -0.4 is 0 Å². The quantitative estimate of drug-likeness (QED) is 0.0222. The number of aliphatic hydroxyl groups is 1. The number of carbonyl (C=O) groups excluding carboxylic acids is 4. The first-order valence-electron chi connectivity index (χ1n) is 35.0. The van der Waals surface area contributed by atoms with Gasteiger partial charge in [0.15, 0.2) is 12.2 Å². The molecule has 3 N–H and O–H groups in total. The highest BCUT2D eigenvalue weighted by molar-refractivity contribution is 7.47. The second kappa shape index (κ2) is 59.4. The van der Waals surface area contributed by atoms with Crippen molar-refractivity contribution < 1.29 is 80.2 Å². The van der Waals surface area contributed by atoms with Crippen molar-refractivity contribution in [2.45, 2.75) is 355 Å². The van der Waals surface area contributed by atoms with Crippen molar-refractivity contribution in [1.29, 1.82) is 0 Å². The summed E-state index contributed by atoms with van der Waals surface area (Å²) < 4.78 is 68.0. The van der Waals surface area contributed by atoms with Gasteiger partial charge in [0.25, 0.3) is 0 Å². The Labute approximate surface area is 524 Å². The van der Waals surface area contributed by atoms with Gasteiger partial charge >= 0.3 is 39.5 Å². The molecular weight excluding hydrogens is 1140 g/mol. The number of unbranched alkanes of at least 4 members (excludes halogenated alkanes) is 35. The van der Waals surface area contributed by atoms with E-state index in [4.69, 9.17) is 37.0 Å². The summed E-state index contributed by atoms with van der Waals surface area (Å²) in [5.41, 5.74) is 0. The molecule has 0 amide bonds. The molecule has 0 aromatic carbocycles. The lowest BCUT2D eigenvalue weighted by molar-refractivity contribution is -0.161. The smallest absolute Gasteiger partial charge is 0.462 e. The van der Waals surface area contributed by atoms with Crippen LogP contribution in [0, 0.1) is 11.8 Å². The van der Waals surface area contributed by atoms with Crippen molar-refractivity contribution in [3.8, 4) is 0 Å². The summed E-state index contributed by atoms with van der Waals surface area (Å²) in [5.74, 6) is -0.628. The molecule has 0 fully saturated rings. The van der Waals surface area contributed by atoms with E-state index in [1.165, 1.54) is 141 Å². The number of hydrogen-bond acceptors (Lipinski definition) is 15. The van der Waals surface area contributed by atoms with E-state index in [1.807, 2.05) is 0 Å². The van der Waals surface area contributed by atoms with Gasteiger partial charge in [-0.25, -0.2) is 9.13 Å². The monoisotopic (exact) mass is 1270 g/mol. The third kappa shape index (κ3) is 59.7. The summed E-state index contributed by atoms with van der Waals surface area (Å²) in [6.45, 7) is 9.45. The number of rotatable bonds is 66. The summed E-state index contributed by atoms with van der Waals surface area (Å²) in [6, 6.07) is 0. The van der Waals surface area contributed by atoms with Crippen molar-refractivity contribution in [3.63, 3.8) is 0 Å². The van der Waals surface area contributed by atoms with Crippen LogP contribution in [0.4, 0.5) is 0 Å². The van der Waals surface area contributed by atoms with Crippen molar-refractivity contribution in [1.82, 2.24) is 0 Å². The van der Waals surface area contributed by atoms with Gasteiger partial charge in [-0.2, -0.15) is 0 Å². The molecule has 0 aliphatic carbocycles. The second-order valence-electron chi connectivity index (χ2n) is 24.9. The van der Waals surface area contributed by atoms with Gasteiger partial charge in [0.1, 0.15) is 19.3 Å². The van der Waals surface area contributed by atoms with E-state index < -0.39 is 97.5 Å². The highest BCUT2D eigenvalue weighted by Gasteiger charge is 2.30. The lowest BCUT2D eigenvalue weighted by Gasteiger charge is -2.21. The number of phosphoric ester groups is 2. The Kier molecular flexibility index (Phi) is 58.0. The molecule has 86 heavy (non-hydrogen) atoms. The summed E-state index contributed by atoms with van der Waals surface area (Å²) in [6.07, 6.45) is 43.2. The molecule has 0 saturated carbocycles. The van der Waals surface area contributed by atoms with Crippen molar-refractivity contribution >= 4 is 39.5 Å². The Balaban J connectivity index is 5.22. The third-order valence-electron chi connectivity index (χ3n) is 15.8. The molecule has 0 bridgehead atoms. The number of carbonyl (C=O) groups is 4. The highest BCUT2D eigenvalue weighted by Crippen LogP contribution is 2.45. The number of aliphatic hydroxyl groups excluding tert-OH is 1. The minimum absolute atomic E-state index is 0.103. The molecule has 510 valence electrons. The van der Waals surface area contributed by atoms with E-state index in [0.717, 1.165) is 109 Å². The molecule has 3 unspecified atom stereocenters. The first kappa shape index (κ1) is 84.1. The van der Waals surface area contributed by atoms with Gasteiger partial charge in [0, 0.05) is 25.7 Å². The first-order valence-corrected chi connectivity index (χ1v) is 38.0. The zero-order valence-corrected chi connectivity index (χ0v) is 57.4. The molecule has 0 aromatic rings. The normalized spacial score (nSPS) is 14.5. The zero-order valence-electron chi connectivity index (χ0n) is 55.6. The van der Waals surface area contributed by atoms with Gasteiger partial charge < -0.3 is 33.8 Å². The zero-order chi connectivity index (χ0) is 63.6. The maximum Gasteiger partial charge on any atom is 0.472 e. The molecule has 0 aliphatic rings. The largest absolute Gasteiger partial charge is 0.472 e. The number of ether oxygens (including phenoxy) is 4. The third-order valence-corrected chi connectivity index (χ3v) is 17.7. The molecule has 0 aromatic heterocycles. The van der Waals surface area contributed by atoms with Gasteiger partial charge in [-0.1, -0.05) is 286 Å². The maximum absolute atomic E-state index is 13.0. The van der Waals surface area contributed by atoms with Crippen LogP contribution in [0.5, 0.6) is 0 Å². The van der Waals surface area contributed by atoms with Crippen LogP contribution in [-0.2, 0) is 65.4 Å². The minimum Gasteiger partial charge on any atom is -0.462 e. The minimum atomic E-state index is -4.95. The highest BCUT2D eigenvalue weighted by atomic mass is 31.2. The van der Waals surface area contributed by atoms with Crippen LogP contribution in [0.15, 0.2) is 0 Å². The van der Waals surface area contributed by atoms with Gasteiger partial charge in [-0.05, 0) is 37.5 Å². The van der Waals surface area contributed by atoms with Crippen LogP contribution in [0.2, 0.25) is 0 Å². The SMILES string of the molecule is CCCCCCCCCCCCCCCCCC(=O)O[C@H](COC(=O)CCCCCCCCCCCCC(C)CC)COP(=O)(O)OC[C@@H](O)COP(=O)(O)OC[C@@H](COC(=O)CCCCCCCCC)OC(=O)CCCCCCCCCC(C)C. The fourth-order valence-electron chi connectivity index (χ4n) is 10.0. The summed E-state index contributed by atoms with van der Waals surface area (Å²) >= 11 is 0. The molecule has 0 saturated heterocycles. The average Bonchev–Trinajstić information content (AvgIpc) is 3.64. The maximum atomic E-state index is 13.0. The predicted molar refractivity (Wildman–Crippen MR) is 345 cm³/mol. The van der Waals surface area contributed by atoms with Crippen molar-refractivity contribution in [2.75, 3.05) is 39.6 Å². The van der Waals surface area contributed by atoms with Crippen LogP contribution in [0.25, 0.3) is 0 Å². The van der Waals surface area contributed by atoms with Crippen LogP contribution in [0.3, 0.4) is 0 Å². The van der Waals surface area contributed by atoms with Gasteiger partial charge in [0.2, 0.25) is 0 Å². The lowest BCUT2D eigenvalue weighted by Crippen LogP contribution is -2.30. The Morgan fingerprint density at radius 2 is 0.593 bits per heavy atom. The second-order valence-corrected chi connectivity index (χ2v) is 27.8. The Bertz CT molecular complexity index is 1690. The molecule has 6 atom stereocenters. The topological polar surface area (TPSA) is 237 Å². The molecule has 17 nitrogen and oxygen atoms in total. The summed E-state index contributed by atoms with van der Waals surface area (Å²) in [4.78, 5) is 72.3. The first-order chi connectivity index (χ1) is 41.4. The fourth-order valence-corrected chi connectivity index (χ4v) is 11.6. The van der Waals surface area contributed by atoms with Crippen LogP contribution in [0.1, 0.15) is 337 Å². The van der Waals surface area contributed by atoms with Crippen LogP contribution >= 0.6 is 15.6 Å². The molecule has 0 aliphatic heterocycles. The Morgan fingerprint density at radius 3 is 0.884 bits per heavy atom. The number of hydrogen-bond donors (Lipinski definition) is 3. The van der Waals surface area contributed by atoms with Gasteiger partial charge in [0.05, 0.1) is 26.4 Å². The van der Waals surface area contributed by atoms with E-state index in [-0.39, 0.29) is 25.7 Å². The van der Waals surface area contributed by atoms with E-state index in [9.17, 15) is 43.2 Å². The summed E-state index contributed by atoms with van der Waals surface area (Å²) in [7, 11) is -9.89. The van der Waals surface area contributed by atoms with Crippen molar-refractivity contribution in [3.05, 3.63) is 0 Å². The standard InChI is InChI=1S/C67H130O17P2/c1-7-10-12-14-16-17-18-19-20-21-22-27-33-39-45-51-66(71)83-63(56-78-65(70)50-44-38-32-26-24-23-25-31-36-42-48-60(6)9-3)58-82-86(75,76)80-54-61(68)53-79-85(73,74)81-57-62(55-77-64(69)49-43-37-29-15-13-11-8-2)84-67(72)52-46-40-34-28-30-35-41-47-59(4)5/h59-63,68H,7-58H2,1-6H3,(H,73,74)(H,75,76)/t60?,61-,62+,63+/m0/s1. The van der Waals surface area contributed by atoms with Gasteiger partial charge in [-0.3, -0.25) is 37.3 Å². The number of phosphoric acid groups is 2. The lowest BCUT2D eigenvalue weighted by atomic mass is 9.99. The molecule has 0 heterocycles. The molecule has 0 radical (unpaired) electrons. The molecule has 0 rings (SSSR count).